The molecule has 3 aromatic carbocycles. The summed E-state index contributed by atoms with van der Waals surface area (Å²) in [5.41, 5.74) is 2.08. The van der Waals surface area contributed by atoms with Gasteiger partial charge in [-0.25, -0.2) is 4.79 Å². The molecule has 3 aromatic rings. The quantitative estimate of drug-likeness (QED) is 0.0950. The van der Waals surface area contributed by atoms with Gasteiger partial charge in [-0.2, -0.15) is 0 Å². The van der Waals surface area contributed by atoms with E-state index in [1.807, 2.05) is 19.1 Å². The minimum absolute atomic E-state index is 0.00440. The van der Waals surface area contributed by atoms with E-state index in [1.54, 1.807) is 60.7 Å². The van der Waals surface area contributed by atoms with Gasteiger partial charge in [-0.1, -0.05) is 69.9 Å². The van der Waals surface area contributed by atoms with Gasteiger partial charge < -0.3 is 34.3 Å². The van der Waals surface area contributed by atoms with Crippen molar-refractivity contribution < 1.29 is 43.2 Å². The van der Waals surface area contributed by atoms with Gasteiger partial charge in [0.25, 0.3) is 11.8 Å². The number of hydrogen-bond acceptors (Lipinski definition) is 8. The van der Waals surface area contributed by atoms with E-state index < -0.39 is 30.3 Å². The Bertz CT molecular complexity index is 1730. The maximum Gasteiger partial charge on any atom is 0.343 e. The number of esters is 1. The first kappa shape index (κ1) is 35.9. The van der Waals surface area contributed by atoms with E-state index in [0.717, 1.165) is 12.8 Å². The Labute approximate surface area is 291 Å². The molecule has 0 saturated carbocycles. The molecular weight excluding hydrogens is 640 g/mol. The number of anilines is 1. The monoisotopic (exact) mass is 682 g/mol. The molecule has 0 spiro atoms. The van der Waals surface area contributed by atoms with Crippen LogP contribution in [-0.4, -0.2) is 59.8 Å². The molecule has 5 rings (SSSR count). The number of nitrogens with one attached hydrogen (secondary N) is 1. The number of carboxylic acid groups (broad SMARTS) is 1. The van der Waals surface area contributed by atoms with Gasteiger partial charge in [-0.15, -0.1) is 0 Å². The third-order valence-corrected chi connectivity index (χ3v) is 8.37. The minimum atomic E-state index is -1.17. The molecule has 0 fully saturated rings. The summed E-state index contributed by atoms with van der Waals surface area (Å²) in [6, 6.07) is 17.7. The lowest BCUT2D eigenvalue weighted by Crippen LogP contribution is -2.35. The zero-order valence-corrected chi connectivity index (χ0v) is 28.3. The normalized spacial score (nSPS) is 16.0. The zero-order chi connectivity index (χ0) is 35.5. The first-order valence-corrected chi connectivity index (χ1v) is 16.9. The minimum Gasteiger partial charge on any atom is -0.480 e. The average Bonchev–Trinajstić information content (AvgIpc) is 3.60. The Morgan fingerprint density at radius 2 is 1.70 bits per heavy atom. The standard InChI is InChI=1S/C39H42N2O9/c1-3-4-5-6-7-21-47-33-20-15-29(22-26(33)2)39(46)50-31-18-11-27(12-19-31)23-41(24-35(42)43)38(45)28-13-16-30(17-14-28)40-37(44)32-9-8-10-34-36(32)49-25-48-34/h8-20,22,26,33H,3-7,21,23-25H2,1-2H3,(H,40,44)(H,42,43). The molecule has 2 aliphatic rings. The second kappa shape index (κ2) is 17.3. The SMILES string of the molecule is CCCCCCCOC1C=CC(C(=O)Oc2ccc(CN(CC(=O)O)C(=O)c3ccc(NC(=O)c4cccc5c4OCO5)cc3)cc2)=CC1C. The number of ether oxygens (including phenoxy) is 4. The molecule has 11 nitrogen and oxygen atoms in total. The van der Waals surface area contributed by atoms with Crippen molar-refractivity contribution in [1.29, 1.82) is 0 Å². The predicted molar refractivity (Wildman–Crippen MR) is 186 cm³/mol. The Morgan fingerprint density at radius 1 is 0.940 bits per heavy atom. The van der Waals surface area contributed by atoms with E-state index in [4.69, 9.17) is 18.9 Å². The molecule has 2 amide bonds. The summed E-state index contributed by atoms with van der Waals surface area (Å²) in [6.45, 7) is 4.39. The van der Waals surface area contributed by atoms with Gasteiger partial charge in [0.1, 0.15) is 12.3 Å². The number of hydrogen-bond donors (Lipinski definition) is 2. The molecular formula is C39H42N2O9. The van der Waals surface area contributed by atoms with Crippen LogP contribution >= 0.6 is 0 Å². The molecule has 2 N–H and O–H groups in total. The van der Waals surface area contributed by atoms with Gasteiger partial charge in [0.15, 0.2) is 11.5 Å². The van der Waals surface area contributed by atoms with Crippen LogP contribution in [0.3, 0.4) is 0 Å². The number of aliphatic carboxylic acids is 1. The molecule has 1 heterocycles. The summed E-state index contributed by atoms with van der Waals surface area (Å²) in [6.07, 6.45) is 11.2. The Hall–Kier alpha value is -5.42. The second-order valence-electron chi connectivity index (χ2n) is 12.2. The predicted octanol–water partition coefficient (Wildman–Crippen LogP) is 6.79. The molecule has 0 aromatic heterocycles. The van der Waals surface area contributed by atoms with E-state index in [-0.39, 0.29) is 30.9 Å². The molecule has 1 aliphatic heterocycles. The molecule has 11 heteroatoms. The van der Waals surface area contributed by atoms with Crippen LogP contribution < -0.4 is 19.5 Å². The maximum absolute atomic E-state index is 13.4. The van der Waals surface area contributed by atoms with Gasteiger partial charge in [0, 0.05) is 30.3 Å². The molecule has 50 heavy (non-hydrogen) atoms. The zero-order valence-electron chi connectivity index (χ0n) is 28.3. The van der Waals surface area contributed by atoms with Crippen LogP contribution in [0.5, 0.6) is 17.2 Å². The highest BCUT2D eigenvalue weighted by Crippen LogP contribution is 2.35. The number of carboxylic acids is 1. The van der Waals surface area contributed by atoms with Crippen molar-refractivity contribution >= 4 is 29.4 Å². The summed E-state index contributed by atoms with van der Waals surface area (Å²) in [4.78, 5) is 52.0. The highest BCUT2D eigenvalue weighted by molar-refractivity contribution is 6.07. The number of rotatable bonds is 16. The molecule has 2 unspecified atom stereocenters. The Morgan fingerprint density at radius 3 is 2.42 bits per heavy atom. The van der Waals surface area contributed by atoms with Crippen molar-refractivity contribution in [3.05, 3.63) is 107 Å². The van der Waals surface area contributed by atoms with Crippen LogP contribution in [0.4, 0.5) is 5.69 Å². The van der Waals surface area contributed by atoms with Crippen LogP contribution in [0.25, 0.3) is 0 Å². The number of carbonyl (C=O) groups excluding carboxylic acids is 3. The molecule has 0 saturated heterocycles. The average molecular weight is 683 g/mol. The highest BCUT2D eigenvalue weighted by atomic mass is 16.7. The van der Waals surface area contributed by atoms with Crippen LogP contribution in [0.1, 0.15) is 72.2 Å². The smallest absolute Gasteiger partial charge is 0.343 e. The van der Waals surface area contributed by atoms with Crippen LogP contribution in [0.15, 0.2) is 90.5 Å². The number of unbranched alkanes of at least 4 members (excludes halogenated alkanes) is 4. The molecule has 1 aliphatic carbocycles. The van der Waals surface area contributed by atoms with Crippen molar-refractivity contribution in [3.63, 3.8) is 0 Å². The van der Waals surface area contributed by atoms with Crippen molar-refractivity contribution in [2.45, 2.75) is 58.6 Å². The first-order valence-electron chi connectivity index (χ1n) is 16.9. The number of benzene rings is 3. The van der Waals surface area contributed by atoms with Crippen molar-refractivity contribution in [2.24, 2.45) is 5.92 Å². The largest absolute Gasteiger partial charge is 0.480 e. The van der Waals surface area contributed by atoms with Crippen LogP contribution in [0.2, 0.25) is 0 Å². The van der Waals surface area contributed by atoms with Gasteiger partial charge in [-0.3, -0.25) is 14.4 Å². The maximum atomic E-state index is 13.4. The summed E-state index contributed by atoms with van der Waals surface area (Å²) in [5, 5.41) is 12.3. The number of para-hydroxylation sites is 1. The summed E-state index contributed by atoms with van der Waals surface area (Å²) >= 11 is 0. The van der Waals surface area contributed by atoms with Crippen molar-refractivity contribution in [1.82, 2.24) is 4.90 Å². The first-order chi connectivity index (χ1) is 24.2. The summed E-state index contributed by atoms with van der Waals surface area (Å²) in [5.74, 6) is -1.38. The Kier molecular flexibility index (Phi) is 12.4. The van der Waals surface area contributed by atoms with Crippen molar-refractivity contribution in [3.8, 4) is 17.2 Å². The number of carbonyl (C=O) groups is 4. The molecule has 262 valence electrons. The van der Waals surface area contributed by atoms with Crippen LogP contribution in [-0.2, 0) is 20.9 Å². The van der Waals surface area contributed by atoms with E-state index in [0.29, 0.717) is 46.2 Å². The molecule has 0 bridgehead atoms. The number of nitrogens with zero attached hydrogens (tertiary/aromatic N) is 1. The number of fused-ring (bicyclic) bond motifs is 1. The third kappa shape index (κ3) is 9.60. The van der Waals surface area contributed by atoms with E-state index in [1.165, 1.54) is 36.3 Å². The Balaban J connectivity index is 1.14. The number of amides is 2. The fourth-order valence-electron chi connectivity index (χ4n) is 5.67. The van der Waals surface area contributed by atoms with E-state index in [2.05, 4.69) is 12.2 Å². The lowest BCUT2D eigenvalue weighted by Gasteiger charge is -2.23. The van der Waals surface area contributed by atoms with E-state index >= 15 is 0 Å². The van der Waals surface area contributed by atoms with E-state index in [9.17, 15) is 24.3 Å². The topological polar surface area (TPSA) is 141 Å². The summed E-state index contributed by atoms with van der Waals surface area (Å²) < 4.78 is 22.3. The lowest BCUT2D eigenvalue weighted by molar-refractivity contribution is -0.138. The molecule has 2 atom stereocenters. The van der Waals surface area contributed by atoms with Crippen LogP contribution in [0, 0.1) is 5.92 Å². The van der Waals surface area contributed by atoms with Gasteiger partial charge in [0.2, 0.25) is 6.79 Å². The second-order valence-corrected chi connectivity index (χ2v) is 12.2. The third-order valence-electron chi connectivity index (χ3n) is 8.37. The summed E-state index contributed by atoms with van der Waals surface area (Å²) in [7, 11) is 0. The highest BCUT2D eigenvalue weighted by Gasteiger charge is 2.24. The molecule has 0 radical (unpaired) electrons. The van der Waals surface area contributed by atoms with Gasteiger partial charge in [-0.05, 0) is 66.6 Å². The van der Waals surface area contributed by atoms with Crippen molar-refractivity contribution in [2.75, 3.05) is 25.3 Å². The van der Waals surface area contributed by atoms with Gasteiger partial charge >= 0.3 is 11.9 Å². The fraction of sp³-hybridized carbons (Fsp3) is 0.333. The van der Waals surface area contributed by atoms with Gasteiger partial charge in [0.05, 0.1) is 17.2 Å². The fourth-order valence-corrected chi connectivity index (χ4v) is 5.67. The lowest BCUT2D eigenvalue weighted by atomic mass is 9.95.